The second-order valence-corrected chi connectivity index (χ2v) is 13.4. The van der Waals surface area contributed by atoms with Gasteiger partial charge in [-0.3, -0.25) is 9.38 Å². The number of quaternary nitrogens is 1. The molecule has 1 saturated carbocycles. The molecule has 5 heteroatoms. The van der Waals surface area contributed by atoms with Crippen LogP contribution in [-0.4, -0.2) is 80.9 Å². The zero-order chi connectivity index (χ0) is 26.2. The minimum atomic E-state index is -0.922. The van der Waals surface area contributed by atoms with Gasteiger partial charge < -0.3 is 15.3 Å². The number of hydrogen-bond acceptors (Lipinski definition) is 4. The molecular formula is C33H51N2O3+. The average Bonchev–Trinajstić information content (AvgIpc) is 3.20. The molecule has 4 saturated heterocycles. The number of hydrogen-bond donors (Lipinski definition) is 3. The maximum atomic E-state index is 12.6. The largest absolute Gasteiger partial charge is 0.386 e. The first-order chi connectivity index (χ1) is 18.6. The number of aliphatic hydroxyl groups excluding tert-OH is 3. The van der Waals surface area contributed by atoms with E-state index in [1.54, 1.807) is 6.08 Å². The van der Waals surface area contributed by atoms with Gasteiger partial charge in [-0.05, 0) is 70.9 Å². The first kappa shape index (κ1) is 27.0. The van der Waals surface area contributed by atoms with Crippen molar-refractivity contribution in [2.24, 2.45) is 17.3 Å². The van der Waals surface area contributed by atoms with Crippen LogP contribution in [0, 0.1) is 17.3 Å². The van der Waals surface area contributed by atoms with Gasteiger partial charge in [-0.15, -0.1) is 0 Å². The molecule has 9 atom stereocenters. The second-order valence-electron chi connectivity index (χ2n) is 13.4. The van der Waals surface area contributed by atoms with Crippen LogP contribution in [0.25, 0.3) is 0 Å². The Balaban J connectivity index is 1.47. The molecule has 7 unspecified atom stereocenters. The van der Waals surface area contributed by atoms with Crippen molar-refractivity contribution in [3.63, 3.8) is 0 Å². The minimum Gasteiger partial charge on any atom is -0.386 e. The van der Waals surface area contributed by atoms with Crippen LogP contribution in [0.2, 0.25) is 0 Å². The summed E-state index contributed by atoms with van der Waals surface area (Å²) >= 11 is 0. The summed E-state index contributed by atoms with van der Waals surface area (Å²) in [5.41, 5.74) is -0.692. The van der Waals surface area contributed by atoms with Gasteiger partial charge in [-0.2, -0.15) is 0 Å². The Morgan fingerprint density at radius 1 is 0.789 bits per heavy atom. The van der Waals surface area contributed by atoms with Crippen LogP contribution in [0.15, 0.2) is 48.6 Å². The average molecular weight is 524 g/mol. The Hall–Kier alpha value is -1.24. The molecule has 6 aliphatic heterocycles. The van der Waals surface area contributed by atoms with Crippen molar-refractivity contribution in [2.75, 3.05) is 26.2 Å². The van der Waals surface area contributed by atoms with E-state index < -0.39 is 24.0 Å². The maximum Gasteiger partial charge on any atom is 0.198 e. The van der Waals surface area contributed by atoms with Crippen molar-refractivity contribution >= 4 is 0 Å². The lowest BCUT2D eigenvalue weighted by molar-refractivity contribution is -1.00. The molecule has 3 N–H and O–H groups in total. The summed E-state index contributed by atoms with van der Waals surface area (Å²) in [6, 6.07) is 0.131. The van der Waals surface area contributed by atoms with E-state index in [9.17, 15) is 15.3 Å². The lowest BCUT2D eigenvalue weighted by Gasteiger charge is -2.58. The van der Waals surface area contributed by atoms with Gasteiger partial charge in [0.2, 0.25) is 0 Å². The molecule has 7 rings (SSSR count). The van der Waals surface area contributed by atoms with Crippen molar-refractivity contribution in [1.29, 1.82) is 0 Å². The van der Waals surface area contributed by atoms with Crippen LogP contribution in [0.4, 0.5) is 0 Å². The lowest BCUT2D eigenvalue weighted by Crippen LogP contribution is -2.77. The third-order valence-electron chi connectivity index (χ3n) is 11.7. The molecule has 1 aliphatic carbocycles. The van der Waals surface area contributed by atoms with E-state index in [1.807, 2.05) is 12.2 Å². The van der Waals surface area contributed by atoms with Crippen molar-refractivity contribution < 1.29 is 19.8 Å². The van der Waals surface area contributed by atoms with Crippen molar-refractivity contribution in [3.8, 4) is 0 Å². The van der Waals surface area contributed by atoms with Crippen molar-refractivity contribution in [3.05, 3.63) is 48.6 Å². The Labute approximate surface area is 230 Å². The van der Waals surface area contributed by atoms with Crippen molar-refractivity contribution in [2.45, 2.75) is 113 Å². The van der Waals surface area contributed by atoms with Crippen LogP contribution in [-0.2, 0) is 0 Å². The van der Waals surface area contributed by atoms with Crippen LogP contribution >= 0.6 is 0 Å². The predicted molar refractivity (Wildman–Crippen MR) is 152 cm³/mol. The summed E-state index contributed by atoms with van der Waals surface area (Å²) in [5.74, 6) is 0.903. The van der Waals surface area contributed by atoms with Gasteiger partial charge in [0.05, 0.1) is 24.5 Å². The number of allylic oxidation sites excluding steroid dienone is 7. The van der Waals surface area contributed by atoms with Crippen LogP contribution in [0.3, 0.4) is 0 Å². The smallest absolute Gasteiger partial charge is 0.198 e. The summed E-state index contributed by atoms with van der Waals surface area (Å²) in [7, 11) is 0. The number of rotatable bonds is 0. The van der Waals surface area contributed by atoms with E-state index in [2.05, 4.69) is 35.3 Å². The molecule has 7 aliphatic rings. The zero-order valence-corrected chi connectivity index (χ0v) is 23.3. The van der Waals surface area contributed by atoms with E-state index in [4.69, 9.17) is 0 Å². The fourth-order valence-electron chi connectivity index (χ4n) is 10.6. The molecule has 5 nitrogen and oxygen atoms in total. The third kappa shape index (κ3) is 3.98. The Kier molecular flexibility index (Phi) is 7.78. The van der Waals surface area contributed by atoms with Gasteiger partial charge in [-0.1, -0.05) is 67.9 Å². The summed E-state index contributed by atoms with van der Waals surface area (Å²) < 4.78 is 0.624. The van der Waals surface area contributed by atoms with Crippen molar-refractivity contribution in [1.82, 2.24) is 4.90 Å². The highest BCUT2D eigenvalue weighted by atomic mass is 16.3. The van der Waals surface area contributed by atoms with Gasteiger partial charge in [0, 0.05) is 18.3 Å². The topological polar surface area (TPSA) is 63.9 Å². The standard InChI is InChI=1S/C33H51N2O3/c36-28-18-14-10-6-2-5-9-13-17-23-35-25-26-24-32(31(35)38)20-15-11-7-3-1-4-8-12-16-21-34-22-19-27(26)33(35,29(28)37)30(32)34/h4-6,8-10,14,18,26-31,36-38H,1-3,7,11-13,15-17,19-25H2/q+1/b8-4-,9-5-,10-6+,18-14+/t26?,27?,28-,29+,30?,31?,32?,33?,35?/m0/s1. The molecule has 6 bridgehead atoms. The van der Waals surface area contributed by atoms with E-state index in [0.717, 1.165) is 84.0 Å². The normalized spacial score (nSPS) is 51.3. The molecule has 3 spiro atoms. The lowest BCUT2D eigenvalue weighted by atomic mass is 9.52. The summed E-state index contributed by atoms with van der Waals surface area (Å²) in [5, 5.41) is 36.6. The minimum absolute atomic E-state index is 0.131. The fourth-order valence-corrected chi connectivity index (χ4v) is 10.6. The molecule has 0 amide bonds. The Morgan fingerprint density at radius 3 is 2.47 bits per heavy atom. The van der Waals surface area contributed by atoms with Gasteiger partial charge in [0.25, 0.3) is 0 Å². The molecule has 0 aromatic carbocycles. The molecule has 210 valence electrons. The van der Waals surface area contributed by atoms with E-state index in [1.165, 1.54) is 25.7 Å². The van der Waals surface area contributed by atoms with Gasteiger partial charge >= 0.3 is 0 Å². The molecule has 5 fully saturated rings. The molecule has 0 radical (unpaired) electrons. The maximum absolute atomic E-state index is 12.6. The third-order valence-corrected chi connectivity index (χ3v) is 11.7. The first-order valence-corrected chi connectivity index (χ1v) is 15.9. The number of piperidine rings is 2. The first-order valence-electron chi connectivity index (χ1n) is 15.9. The highest BCUT2D eigenvalue weighted by Gasteiger charge is 2.89. The summed E-state index contributed by atoms with van der Waals surface area (Å²) in [4.78, 5) is 2.70. The zero-order valence-electron chi connectivity index (χ0n) is 23.3. The Bertz CT molecular complexity index is 960. The van der Waals surface area contributed by atoms with Gasteiger partial charge in [0.1, 0.15) is 12.2 Å². The van der Waals surface area contributed by atoms with E-state index >= 15 is 0 Å². The van der Waals surface area contributed by atoms with E-state index in [-0.39, 0.29) is 11.5 Å². The monoisotopic (exact) mass is 523 g/mol. The number of nitrogens with zero attached hydrogens (tertiary/aromatic N) is 2. The fraction of sp³-hybridized carbons (Fsp3) is 0.758. The van der Waals surface area contributed by atoms with Gasteiger partial charge in [0.15, 0.2) is 11.8 Å². The molecule has 38 heavy (non-hydrogen) atoms. The molecule has 0 aromatic heterocycles. The molecular weight excluding hydrogens is 472 g/mol. The summed E-state index contributed by atoms with van der Waals surface area (Å²) in [6.45, 7) is 3.96. The van der Waals surface area contributed by atoms with E-state index in [0.29, 0.717) is 16.3 Å². The molecule has 0 aromatic rings. The quantitative estimate of drug-likeness (QED) is 0.314. The SMILES string of the molecule is OC1C23CCCCCC/C=C\CCCN4CCC5C(C2)C[N+]12CCC/C=C\C/C=C/C=C/[C@H](O)[C@@H](O)C52C43. The second kappa shape index (κ2) is 11.0. The van der Waals surface area contributed by atoms with Gasteiger partial charge in [-0.25, -0.2) is 0 Å². The summed E-state index contributed by atoms with van der Waals surface area (Å²) in [6.07, 6.45) is 29.3. The van der Waals surface area contributed by atoms with Crippen LogP contribution in [0.1, 0.15) is 83.5 Å². The highest BCUT2D eigenvalue weighted by Crippen LogP contribution is 2.73. The Morgan fingerprint density at radius 2 is 1.58 bits per heavy atom. The predicted octanol–water partition coefficient (Wildman–Crippen LogP) is 4.85. The molecule has 6 heterocycles. The number of aliphatic hydroxyl groups is 3. The highest BCUT2D eigenvalue weighted by molar-refractivity contribution is 5.28. The van der Waals surface area contributed by atoms with Crippen LogP contribution < -0.4 is 0 Å². The van der Waals surface area contributed by atoms with Crippen LogP contribution in [0.5, 0.6) is 0 Å².